The van der Waals surface area contributed by atoms with Crippen LogP contribution in [0.4, 0.5) is 5.69 Å². The van der Waals surface area contributed by atoms with Crippen LogP contribution in [-0.4, -0.2) is 31.7 Å². The van der Waals surface area contributed by atoms with Crippen molar-refractivity contribution < 1.29 is 4.74 Å². The number of aromatic nitrogens is 1. The summed E-state index contributed by atoms with van der Waals surface area (Å²) in [6.45, 7) is 7.21. The molecule has 4 nitrogen and oxygen atoms in total. The second-order valence-electron chi connectivity index (χ2n) is 4.47. The van der Waals surface area contributed by atoms with Gasteiger partial charge in [-0.15, -0.1) is 0 Å². The molecule has 2 N–H and O–H groups in total. The molecular weight excluding hydrogens is 214 g/mol. The molecule has 1 aliphatic rings. The van der Waals surface area contributed by atoms with Gasteiger partial charge in [0.15, 0.2) is 0 Å². The molecule has 0 saturated carbocycles. The van der Waals surface area contributed by atoms with Crippen molar-refractivity contribution >= 4 is 5.69 Å². The molecule has 0 spiro atoms. The molecule has 1 atom stereocenters. The van der Waals surface area contributed by atoms with Crippen LogP contribution >= 0.6 is 0 Å². The summed E-state index contributed by atoms with van der Waals surface area (Å²) in [6, 6.07) is 2.20. The van der Waals surface area contributed by atoms with Gasteiger partial charge >= 0.3 is 0 Å². The van der Waals surface area contributed by atoms with Gasteiger partial charge in [0.25, 0.3) is 0 Å². The Hall–Kier alpha value is -1.29. The van der Waals surface area contributed by atoms with E-state index in [0.29, 0.717) is 11.8 Å². The Labute approximate surface area is 103 Å². The van der Waals surface area contributed by atoms with Crippen molar-refractivity contribution in [3.63, 3.8) is 0 Å². The van der Waals surface area contributed by atoms with E-state index in [2.05, 4.69) is 35.5 Å². The Bertz CT molecular complexity index is 392. The first kappa shape index (κ1) is 12.2. The number of ether oxygens (including phenoxy) is 1. The Morgan fingerprint density at radius 3 is 3.12 bits per heavy atom. The normalized spacial score (nSPS) is 19.4. The smallest absolute Gasteiger partial charge is 0.237 e. The number of hydrogen-bond donors (Lipinski definition) is 2. The summed E-state index contributed by atoms with van der Waals surface area (Å²) >= 11 is 0. The van der Waals surface area contributed by atoms with Gasteiger partial charge in [-0.25, -0.2) is 4.98 Å². The lowest BCUT2D eigenvalue weighted by Gasteiger charge is -2.16. The molecule has 1 aromatic rings. The molecule has 1 unspecified atom stereocenters. The minimum Gasteiger partial charge on any atom is -0.480 e. The van der Waals surface area contributed by atoms with Crippen molar-refractivity contribution in [2.45, 2.75) is 26.2 Å². The highest BCUT2D eigenvalue weighted by atomic mass is 16.5. The Morgan fingerprint density at radius 2 is 2.41 bits per heavy atom. The monoisotopic (exact) mass is 235 g/mol. The number of nitrogens with zero attached hydrogens (tertiary/aromatic N) is 1. The SMILES string of the molecule is CCNc1cc2c(nc1OC)CCNCC2C. The number of pyridine rings is 1. The summed E-state index contributed by atoms with van der Waals surface area (Å²) in [6.07, 6.45) is 0.975. The van der Waals surface area contributed by atoms with Gasteiger partial charge in [0, 0.05) is 31.7 Å². The van der Waals surface area contributed by atoms with Crippen LogP contribution in [-0.2, 0) is 6.42 Å². The maximum atomic E-state index is 5.35. The fourth-order valence-electron chi connectivity index (χ4n) is 2.28. The number of fused-ring (bicyclic) bond motifs is 1. The largest absolute Gasteiger partial charge is 0.480 e. The highest BCUT2D eigenvalue weighted by molar-refractivity contribution is 5.56. The van der Waals surface area contributed by atoms with Crippen LogP contribution in [0.3, 0.4) is 0 Å². The molecule has 0 bridgehead atoms. The minimum atomic E-state index is 0.503. The fourth-order valence-corrected chi connectivity index (χ4v) is 2.28. The quantitative estimate of drug-likeness (QED) is 0.838. The highest BCUT2D eigenvalue weighted by Gasteiger charge is 2.18. The second kappa shape index (κ2) is 5.36. The maximum absolute atomic E-state index is 5.35. The van der Waals surface area contributed by atoms with E-state index in [4.69, 9.17) is 4.74 Å². The van der Waals surface area contributed by atoms with E-state index in [0.717, 1.165) is 31.7 Å². The third-order valence-electron chi connectivity index (χ3n) is 3.18. The van der Waals surface area contributed by atoms with Crippen molar-refractivity contribution in [3.05, 3.63) is 17.3 Å². The van der Waals surface area contributed by atoms with Gasteiger partial charge in [-0.05, 0) is 24.5 Å². The van der Waals surface area contributed by atoms with E-state index in [-0.39, 0.29) is 0 Å². The Kier molecular flexibility index (Phi) is 3.84. The fraction of sp³-hybridized carbons (Fsp3) is 0.615. The molecule has 0 aromatic carbocycles. The predicted molar refractivity (Wildman–Crippen MR) is 69.9 cm³/mol. The van der Waals surface area contributed by atoms with E-state index in [1.54, 1.807) is 7.11 Å². The summed E-state index contributed by atoms with van der Waals surface area (Å²) in [4.78, 5) is 4.64. The maximum Gasteiger partial charge on any atom is 0.237 e. The molecule has 0 saturated heterocycles. The summed E-state index contributed by atoms with van der Waals surface area (Å²) in [5, 5.41) is 6.74. The van der Waals surface area contributed by atoms with Crippen molar-refractivity contribution in [2.24, 2.45) is 0 Å². The van der Waals surface area contributed by atoms with Gasteiger partial charge in [-0.3, -0.25) is 0 Å². The van der Waals surface area contributed by atoms with Crippen molar-refractivity contribution in [2.75, 3.05) is 32.1 Å². The summed E-state index contributed by atoms with van der Waals surface area (Å²) < 4.78 is 5.35. The summed E-state index contributed by atoms with van der Waals surface area (Å²) in [5.41, 5.74) is 3.51. The van der Waals surface area contributed by atoms with E-state index in [1.165, 1.54) is 11.3 Å². The molecule has 4 heteroatoms. The average molecular weight is 235 g/mol. The zero-order valence-electron chi connectivity index (χ0n) is 10.8. The molecule has 0 aliphatic carbocycles. The standard InChI is InChI=1S/C13H21N3O/c1-4-15-12-7-10-9(2)8-14-6-5-11(10)16-13(12)17-3/h7,9,14-15H,4-6,8H2,1-3H3. The topological polar surface area (TPSA) is 46.2 Å². The summed E-state index contributed by atoms with van der Waals surface area (Å²) in [7, 11) is 1.67. The third kappa shape index (κ3) is 2.52. The third-order valence-corrected chi connectivity index (χ3v) is 3.18. The lowest BCUT2D eigenvalue weighted by molar-refractivity contribution is 0.398. The van der Waals surface area contributed by atoms with Crippen LogP contribution < -0.4 is 15.4 Å². The molecule has 2 heterocycles. The van der Waals surface area contributed by atoms with Crippen molar-refractivity contribution in [1.29, 1.82) is 0 Å². The van der Waals surface area contributed by atoms with Crippen LogP contribution in [0.1, 0.15) is 31.0 Å². The zero-order valence-corrected chi connectivity index (χ0v) is 10.8. The number of methoxy groups -OCH3 is 1. The predicted octanol–water partition coefficient (Wildman–Crippen LogP) is 1.77. The van der Waals surface area contributed by atoms with E-state index >= 15 is 0 Å². The molecule has 1 aromatic heterocycles. The van der Waals surface area contributed by atoms with E-state index in [9.17, 15) is 0 Å². The molecule has 0 fully saturated rings. The number of anilines is 1. The van der Waals surface area contributed by atoms with Gasteiger partial charge in [0.1, 0.15) is 0 Å². The van der Waals surface area contributed by atoms with Crippen molar-refractivity contribution in [3.8, 4) is 5.88 Å². The van der Waals surface area contributed by atoms with Gasteiger partial charge in [-0.1, -0.05) is 6.92 Å². The van der Waals surface area contributed by atoms with Crippen molar-refractivity contribution in [1.82, 2.24) is 10.3 Å². The lowest BCUT2D eigenvalue weighted by Crippen LogP contribution is -2.18. The van der Waals surface area contributed by atoms with Gasteiger partial charge in [0.2, 0.25) is 5.88 Å². The number of rotatable bonds is 3. The molecule has 17 heavy (non-hydrogen) atoms. The molecular formula is C13H21N3O. The summed E-state index contributed by atoms with van der Waals surface area (Å²) in [5.74, 6) is 1.21. The van der Waals surface area contributed by atoms with Crippen LogP contribution in [0.5, 0.6) is 5.88 Å². The van der Waals surface area contributed by atoms with Gasteiger partial charge in [-0.2, -0.15) is 0 Å². The number of hydrogen-bond acceptors (Lipinski definition) is 4. The van der Waals surface area contributed by atoms with Crippen LogP contribution in [0.15, 0.2) is 6.07 Å². The minimum absolute atomic E-state index is 0.503. The second-order valence-corrected chi connectivity index (χ2v) is 4.47. The lowest BCUT2D eigenvalue weighted by atomic mass is 9.99. The first-order valence-electron chi connectivity index (χ1n) is 6.28. The van der Waals surface area contributed by atoms with E-state index in [1.807, 2.05) is 0 Å². The zero-order chi connectivity index (χ0) is 12.3. The molecule has 0 radical (unpaired) electrons. The van der Waals surface area contributed by atoms with Crippen LogP contribution in [0.25, 0.3) is 0 Å². The van der Waals surface area contributed by atoms with Crippen LogP contribution in [0.2, 0.25) is 0 Å². The molecule has 94 valence electrons. The van der Waals surface area contributed by atoms with Gasteiger partial charge in [0.05, 0.1) is 12.8 Å². The number of nitrogens with one attached hydrogen (secondary N) is 2. The Balaban J connectivity index is 2.43. The first-order chi connectivity index (χ1) is 8.26. The average Bonchev–Trinajstić information content (AvgIpc) is 2.51. The van der Waals surface area contributed by atoms with E-state index < -0.39 is 0 Å². The molecule has 0 amide bonds. The van der Waals surface area contributed by atoms with Crippen LogP contribution in [0, 0.1) is 0 Å². The van der Waals surface area contributed by atoms with Gasteiger partial charge < -0.3 is 15.4 Å². The Morgan fingerprint density at radius 1 is 1.59 bits per heavy atom. The molecule has 2 rings (SSSR count). The molecule has 1 aliphatic heterocycles. The first-order valence-corrected chi connectivity index (χ1v) is 6.28. The highest BCUT2D eigenvalue weighted by Crippen LogP contribution is 2.30.